The molecule has 2 aromatic carbocycles. The number of benzene rings is 2. The van der Waals surface area contributed by atoms with Crippen molar-refractivity contribution >= 4 is 17.7 Å². The van der Waals surface area contributed by atoms with E-state index < -0.39 is 0 Å². The number of para-hydroxylation sites is 1. The average Bonchev–Trinajstić information content (AvgIpc) is 2.57. The first-order valence-electron chi connectivity index (χ1n) is 8.13. The van der Waals surface area contributed by atoms with Crippen LogP contribution in [0.5, 0.6) is 5.75 Å². The monoisotopic (exact) mass is 343 g/mol. The van der Waals surface area contributed by atoms with Crippen molar-refractivity contribution in [2.24, 2.45) is 0 Å². The minimum Gasteiger partial charge on any atom is -0.483 e. The van der Waals surface area contributed by atoms with Gasteiger partial charge in [-0.15, -0.1) is 11.8 Å². The third kappa shape index (κ3) is 5.93. The third-order valence-electron chi connectivity index (χ3n) is 3.49. The van der Waals surface area contributed by atoms with Gasteiger partial charge in [-0.05, 0) is 29.2 Å². The second-order valence-electron chi connectivity index (χ2n) is 6.55. The molecule has 0 saturated carbocycles. The molecule has 1 N–H and O–H groups in total. The van der Waals surface area contributed by atoms with Gasteiger partial charge < -0.3 is 10.1 Å². The summed E-state index contributed by atoms with van der Waals surface area (Å²) in [5.41, 5.74) is 1.09. The number of carbonyl (C=O) groups excluding carboxylic acids is 1. The molecule has 0 bridgehead atoms. The zero-order chi connectivity index (χ0) is 17.4. The van der Waals surface area contributed by atoms with Gasteiger partial charge in [0, 0.05) is 17.2 Å². The quantitative estimate of drug-likeness (QED) is 0.603. The van der Waals surface area contributed by atoms with E-state index in [1.165, 1.54) is 4.90 Å². The number of amides is 1. The van der Waals surface area contributed by atoms with Gasteiger partial charge in [-0.1, -0.05) is 57.2 Å². The summed E-state index contributed by atoms with van der Waals surface area (Å²) < 4.78 is 5.72. The first-order chi connectivity index (χ1) is 11.5. The van der Waals surface area contributed by atoms with Crippen LogP contribution in [0, 0.1) is 0 Å². The lowest BCUT2D eigenvalue weighted by molar-refractivity contribution is -0.122. The lowest BCUT2D eigenvalue weighted by Crippen LogP contribution is -2.31. The molecule has 0 aromatic heterocycles. The van der Waals surface area contributed by atoms with Crippen LogP contribution < -0.4 is 10.1 Å². The maximum atomic E-state index is 11.9. The van der Waals surface area contributed by atoms with Gasteiger partial charge in [-0.3, -0.25) is 4.79 Å². The molecule has 0 atom stereocenters. The maximum absolute atomic E-state index is 11.9. The van der Waals surface area contributed by atoms with Crippen molar-refractivity contribution in [2.45, 2.75) is 31.1 Å². The van der Waals surface area contributed by atoms with E-state index in [2.05, 4.69) is 38.2 Å². The average molecular weight is 343 g/mol. The van der Waals surface area contributed by atoms with Crippen LogP contribution in [0.4, 0.5) is 0 Å². The number of thioether (sulfide) groups is 1. The SMILES string of the molecule is CC(C)(C)c1ccccc1OCC(=O)NCCSc1ccccc1. The molecule has 24 heavy (non-hydrogen) atoms. The summed E-state index contributed by atoms with van der Waals surface area (Å²) in [5.74, 6) is 1.53. The Labute approximate surface area is 148 Å². The van der Waals surface area contributed by atoms with Crippen molar-refractivity contribution in [3.63, 3.8) is 0 Å². The molecule has 0 fully saturated rings. The summed E-state index contributed by atoms with van der Waals surface area (Å²) in [4.78, 5) is 13.2. The molecule has 3 nitrogen and oxygen atoms in total. The summed E-state index contributed by atoms with van der Waals surface area (Å²) >= 11 is 1.73. The summed E-state index contributed by atoms with van der Waals surface area (Å²) in [6, 6.07) is 18.1. The van der Waals surface area contributed by atoms with Crippen LogP contribution in [0.15, 0.2) is 59.5 Å². The minimum atomic E-state index is -0.0904. The van der Waals surface area contributed by atoms with Crippen LogP contribution in [0.3, 0.4) is 0 Å². The van der Waals surface area contributed by atoms with Gasteiger partial charge >= 0.3 is 0 Å². The molecule has 0 radical (unpaired) electrons. The maximum Gasteiger partial charge on any atom is 0.257 e. The highest BCUT2D eigenvalue weighted by molar-refractivity contribution is 7.99. The molecule has 0 aliphatic rings. The molecular formula is C20H25NO2S. The molecule has 2 aromatic rings. The van der Waals surface area contributed by atoms with Gasteiger partial charge in [0.15, 0.2) is 6.61 Å². The molecule has 4 heteroatoms. The highest BCUT2D eigenvalue weighted by atomic mass is 32.2. The smallest absolute Gasteiger partial charge is 0.257 e. The predicted octanol–water partition coefficient (Wildman–Crippen LogP) is 4.27. The van der Waals surface area contributed by atoms with E-state index in [9.17, 15) is 4.79 Å². The predicted molar refractivity (Wildman–Crippen MR) is 101 cm³/mol. The van der Waals surface area contributed by atoms with Crippen LogP contribution in [-0.4, -0.2) is 24.8 Å². The minimum absolute atomic E-state index is 0.0145. The molecule has 0 spiro atoms. The van der Waals surface area contributed by atoms with Crippen molar-refractivity contribution in [3.05, 3.63) is 60.2 Å². The fourth-order valence-corrected chi connectivity index (χ4v) is 3.07. The first kappa shape index (κ1) is 18.4. The fourth-order valence-electron chi connectivity index (χ4n) is 2.28. The Bertz CT molecular complexity index is 650. The lowest BCUT2D eigenvalue weighted by Gasteiger charge is -2.22. The van der Waals surface area contributed by atoms with Crippen LogP contribution >= 0.6 is 11.8 Å². The normalized spacial score (nSPS) is 11.1. The van der Waals surface area contributed by atoms with Gasteiger partial charge in [0.05, 0.1) is 0 Å². The summed E-state index contributed by atoms with van der Waals surface area (Å²) in [6.45, 7) is 7.08. The van der Waals surface area contributed by atoms with E-state index >= 15 is 0 Å². The van der Waals surface area contributed by atoms with E-state index in [-0.39, 0.29) is 17.9 Å². The van der Waals surface area contributed by atoms with Crippen LogP contribution in [-0.2, 0) is 10.2 Å². The number of hydrogen-bond acceptors (Lipinski definition) is 3. The molecular weight excluding hydrogens is 318 g/mol. The zero-order valence-electron chi connectivity index (χ0n) is 14.5. The molecule has 0 aliphatic carbocycles. The van der Waals surface area contributed by atoms with Crippen LogP contribution in [0.25, 0.3) is 0 Å². The second-order valence-corrected chi connectivity index (χ2v) is 7.71. The summed E-state index contributed by atoms with van der Waals surface area (Å²) in [7, 11) is 0. The molecule has 0 aliphatic heterocycles. The highest BCUT2D eigenvalue weighted by Gasteiger charge is 2.18. The van der Waals surface area contributed by atoms with Crippen LogP contribution in [0.1, 0.15) is 26.3 Å². The number of ether oxygens (including phenoxy) is 1. The molecule has 2 rings (SSSR count). The van der Waals surface area contributed by atoms with Crippen molar-refractivity contribution in [3.8, 4) is 5.75 Å². The fraction of sp³-hybridized carbons (Fsp3) is 0.350. The molecule has 0 unspecified atom stereocenters. The largest absolute Gasteiger partial charge is 0.483 e. The molecule has 1 amide bonds. The topological polar surface area (TPSA) is 38.3 Å². The number of hydrogen-bond donors (Lipinski definition) is 1. The standard InChI is InChI=1S/C20H25NO2S/c1-20(2,3)17-11-7-8-12-18(17)23-15-19(22)21-13-14-24-16-9-5-4-6-10-16/h4-12H,13-15H2,1-3H3,(H,21,22). The van der Waals surface area contributed by atoms with Crippen LogP contribution in [0.2, 0.25) is 0 Å². The van der Waals surface area contributed by atoms with Gasteiger partial charge in [0.1, 0.15) is 5.75 Å². The van der Waals surface area contributed by atoms with Crippen molar-refractivity contribution in [1.29, 1.82) is 0 Å². The zero-order valence-corrected chi connectivity index (χ0v) is 15.4. The van der Waals surface area contributed by atoms with Gasteiger partial charge in [-0.2, -0.15) is 0 Å². The molecule has 0 heterocycles. The Morgan fingerprint density at radius 2 is 1.71 bits per heavy atom. The summed E-state index contributed by atoms with van der Waals surface area (Å²) in [5, 5.41) is 2.90. The van der Waals surface area contributed by atoms with Gasteiger partial charge in [0.2, 0.25) is 0 Å². The highest BCUT2D eigenvalue weighted by Crippen LogP contribution is 2.30. The second kappa shape index (κ2) is 8.78. The van der Waals surface area contributed by atoms with Gasteiger partial charge in [-0.25, -0.2) is 0 Å². The number of nitrogens with one attached hydrogen (secondary N) is 1. The Kier molecular flexibility index (Phi) is 6.73. The Balaban J connectivity index is 1.74. The van der Waals surface area contributed by atoms with E-state index in [1.54, 1.807) is 11.8 Å². The molecule has 128 valence electrons. The Morgan fingerprint density at radius 3 is 2.42 bits per heavy atom. The van der Waals surface area contributed by atoms with E-state index in [1.807, 2.05) is 42.5 Å². The third-order valence-corrected chi connectivity index (χ3v) is 4.50. The summed E-state index contributed by atoms with van der Waals surface area (Å²) in [6.07, 6.45) is 0. The Hall–Kier alpha value is -1.94. The number of carbonyl (C=O) groups is 1. The first-order valence-corrected chi connectivity index (χ1v) is 9.12. The van der Waals surface area contributed by atoms with E-state index in [4.69, 9.17) is 4.74 Å². The van der Waals surface area contributed by atoms with Crippen molar-refractivity contribution in [1.82, 2.24) is 5.32 Å². The van der Waals surface area contributed by atoms with Crippen molar-refractivity contribution < 1.29 is 9.53 Å². The van der Waals surface area contributed by atoms with E-state index in [0.717, 1.165) is 17.1 Å². The Morgan fingerprint density at radius 1 is 1.04 bits per heavy atom. The van der Waals surface area contributed by atoms with Crippen molar-refractivity contribution in [2.75, 3.05) is 18.9 Å². The molecule has 0 saturated heterocycles. The lowest BCUT2D eigenvalue weighted by atomic mass is 9.86. The van der Waals surface area contributed by atoms with E-state index in [0.29, 0.717) is 6.54 Å². The number of rotatable bonds is 7. The van der Waals surface area contributed by atoms with Gasteiger partial charge in [0.25, 0.3) is 5.91 Å².